The van der Waals surface area contributed by atoms with E-state index in [0.29, 0.717) is 34.7 Å². The summed E-state index contributed by atoms with van der Waals surface area (Å²) in [5, 5.41) is 13.2. The molecule has 0 bridgehead atoms. The average molecular weight is 560 g/mol. The molecule has 0 spiro atoms. The van der Waals surface area contributed by atoms with Crippen molar-refractivity contribution in [3.8, 4) is 0 Å². The summed E-state index contributed by atoms with van der Waals surface area (Å²) in [7, 11) is -1.48. The molecular weight excluding hydrogens is 534 g/mol. The number of hydrogen-bond acceptors (Lipinski definition) is 12. The summed E-state index contributed by atoms with van der Waals surface area (Å²) in [6.45, 7) is 4.49. The Balaban J connectivity index is 1.38. The number of carbonyl (C=O) groups excluding carboxylic acids is 1. The van der Waals surface area contributed by atoms with Gasteiger partial charge in [-0.1, -0.05) is 23.5 Å². The Morgan fingerprint density at radius 1 is 1.22 bits per heavy atom. The predicted molar refractivity (Wildman–Crippen MR) is 145 cm³/mol. The van der Waals surface area contributed by atoms with E-state index in [2.05, 4.69) is 25.5 Å². The number of hydrogen-bond donors (Lipinski definition) is 1. The Morgan fingerprint density at radius 3 is 2.65 bits per heavy atom. The lowest BCUT2D eigenvalue weighted by molar-refractivity contribution is 0.0517. The molecule has 1 aliphatic heterocycles. The fourth-order valence-electron chi connectivity index (χ4n) is 3.84. The lowest BCUT2D eigenvalue weighted by Crippen LogP contribution is -2.47. The number of anilines is 4. The number of nitrogens with one attached hydrogen (secondary N) is 1. The largest absolute Gasteiger partial charge is 0.461 e. The van der Waals surface area contributed by atoms with Gasteiger partial charge in [0.2, 0.25) is 10.0 Å². The molecule has 0 amide bonds. The Kier molecular flexibility index (Phi) is 6.83. The molecule has 37 heavy (non-hydrogen) atoms. The first-order valence-corrected chi connectivity index (χ1v) is 15.0. The van der Waals surface area contributed by atoms with E-state index in [0.717, 1.165) is 20.9 Å². The van der Waals surface area contributed by atoms with E-state index < -0.39 is 16.0 Å². The zero-order valence-electron chi connectivity index (χ0n) is 20.6. The van der Waals surface area contributed by atoms with Gasteiger partial charge in [-0.3, -0.25) is 0 Å². The number of rotatable bonds is 8. The molecule has 5 rings (SSSR count). The molecule has 0 atom stereocenters. The van der Waals surface area contributed by atoms with E-state index >= 15 is 0 Å². The molecule has 1 fully saturated rings. The lowest BCUT2D eigenvalue weighted by atomic mass is 10.00. The summed E-state index contributed by atoms with van der Waals surface area (Å²) in [6.07, 6.45) is 1.18. The molecular formula is C23H25N7O4S3. The third-order valence-electron chi connectivity index (χ3n) is 5.92. The van der Waals surface area contributed by atoms with Crippen molar-refractivity contribution in [2.24, 2.45) is 0 Å². The minimum Gasteiger partial charge on any atom is -0.461 e. The first-order chi connectivity index (χ1) is 17.6. The average Bonchev–Trinajstić information content (AvgIpc) is 3.42. The number of aryl methyl sites for hydroxylation is 1. The standard InChI is InChI=1S/C23H25N7O4S3/c1-5-34-21(31)18-19(14-11-30(12-14)37(4,32)33)36-23(25-18)29(3)17-10-13(2)20(28-27-17)26-22-24-15-8-6-7-9-16(15)35-22/h6-10,14H,5,11-12H2,1-4H3,(H,24,26,28). The van der Waals surface area contributed by atoms with Crippen LogP contribution >= 0.6 is 22.7 Å². The van der Waals surface area contributed by atoms with Gasteiger partial charge in [-0.05, 0) is 37.6 Å². The second-order valence-electron chi connectivity index (χ2n) is 8.61. The van der Waals surface area contributed by atoms with Gasteiger partial charge < -0.3 is 15.0 Å². The fourth-order valence-corrected chi connectivity index (χ4v) is 6.72. The maximum Gasteiger partial charge on any atom is 0.358 e. The summed E-state index contributed by atoms with van der Waals surface area (Å²) >= 11 is 2.87. The van der Waals surface area contributed by atoms with Crippen molar-refractivity contribution < 1.29 is 17.9 Å². The first kappa shape index (κ1) is 25.4. The maximum atomic E-state index is 12.6. The molecule has 1 saturated heterocycles. The molecule has 4 heterocycles. The Morgan fingerprint density at radius 2 is 1.97 bits per heavy atom. The molecule has 0 aliphatic carbocycles. The molecule has 0 unspecified atom stereocenters. The van der Waals surface area contributed by atoms with Gasteiger partial charge in [0, 0.05) is 30.9 Å². The molecule has 0 radical (unpaired) electrons. The third kappa shape index (κ3) is 5.14. The number of aromatic nitrogens is 4. The number of fused-ring (bicyclic) bond motifs is 1. The summed E-state index contributed by atoms with van der Waals surface area (Å²) in [5.74, 6) is 0.499. The van der Waals surface area contributed by atoms with Crippen molar-refractivity contribution in [2.45, 2.75) is 19.8 Å². The van der Waals surface area contributed by atoms with Crippen molar-refractivity contribution >= 4 is 70.8 Å². The van der Waals surface area contributed by atoms with Crippen LogP contribution in [-0.4, -0.2) is 71.9 Å². The Hall–Kier alpha value is -3.20. The van der Waals surface area contributed by atoms with Crippen LogP contribution in [0.5, 0.6) is 0 Å². The monoisotopic (exact) mass is 559 g/mol. The molecule has 14 heteroatoms. The summed E-state index contributed by atoms with van der Waals surface area (Å²) < 4.78 is 31.3. The summed E-state index contributed by atoms with van der Waals surface area (Å²) in [4.78, 5) is 24.2. The van der Waals surface area contributed by atoms with Crippen molar-refractivity contribution in [3.63, 3.8) is 0 Å². The lowest BCUT2D eigenvalue weighted by Gasteiger charge is -2.36. The summed E-state index contributed by atoms with van der Waals surface area (Å²) in [6, 6.07) is 9.78. The van der Waals surface area contributed by atoms with Gasteiger partial charge in [0.1, 0.15) is 0 Å². The van der Waals surface area contributed by atoms with Gasteiger partial charge in [0.05, 0.1) is 23.1 Å². The van der Waals surface area contributed by atoms with Crippen molar-refractivity contribution in [2.75, 3.05) is 43.2 Å². The maximum absolute atomic E-state index is 12.6. The molecule has 1 aromatic carbocycles. The Labute approximate surface area is 222 Å². The molecule has 3 aromatic heterocycles. The van der Waals surface area contributed by atoms with Gasteiger partial charge in [0.25, 0.3) is 0 Å². The highest BCUT2D eigenvalue weighted by atomic mass is 32.2. The number of carbonyl (C=O) groups is 1. The van der Waals surface area contributed by atoms with E-state index in [4.69, 9.17) is 4.74 Å². The van der Waals surface area contributed by atoms with Gasteiger partial charge >= 0.3 is 5.97 Å². The number of nitrogens with zero attached hydrogens (tertiary/aromatic N) is 6. The first-order valence-electron chi connectivity index (χ1n) is 11.5. The topological polar surface area (TPSA) is 131 Å². The van der Waals surface area contributed by atoms with Crippen molar-refractivity contribution in [3.05, 3.63) is 46.5 Å². The fraction of sp³-hybridized carbons (Fsp3) is 0.348. The number of para-hydroxylation sites is 1. The normalized spacial score (nSPS) is 14.5. The SMILES string of the molecule is CCOC(=O)c1nc(N(C)c2cc(C)c(Nc3nc4ccccc4s3)nn2)sc1C1CN(S(C)(=O)=O)C1. The second-order valence-corrected chi connectivity index (χ2v) is 12.6. The smallest absolute Gasteiger partial charge is 0.358 e. The number of thiazole rings is 2. The minimum absolute atomic E-state index is 0.123. The highest BCUT2D eigenvalue weighted by Crippen LogP contribution is 2.39. The van der Waals surface area contributed by atoms with E-state index in [-0.39, 0.29) is 18.2 Å². The molecule has 1 N–H and O–H groups in total. The van der Waals surface area contributed by atoms with Crippen LogP contribution in [0.2, 0.25) is 0 Å². The van der Waals surface area contributed by atoms with Crippen LogP contribution in [0.25, 0.3) is 10.2 Å². The highest BCUT2D eigenvalue weighted by molar-refractivity contribution is 7.88. The van der Waals surface area contributed by atoms with Crippen molar-refractivity contribution in [1.29, 1.82) is 0 Å². The van der Waals surface area contributed by atoms with Crippen LogP contribution < -0.4 is 10.2 Å². The number of ether oxygens (including phenoxy) is 1. The molecule has 4 aromatic rings. The van der Waals surface area contributed by atoms with E-state index in [9.17, 15) is 13.2 Å². The predicted octanol–water partition coefficient (Wildman–Crippen LogP) is 3.90. The minimum atomic E-state index is -3.28. The van der Waals surface area contributed by atoms with Gasteiger partial charge in [-0.25, -0.2) is 27.5 Å². The molecule has 1 aliphatic rings. The third-order valence-corrected chi connectivity index (χ3v) is 9.40. The van der Waals surface area contributed by atoms with Gasteiger partial charge in [-0.2, -0.15) is 0 Å². The highest BCUT2D eigenvalue weighted by Gasteiger charge is 2.39. The number of sulfonamides is 1. The number of esters is 1. The van der Waals surface area contributed by atoms with E-state index in [1.54, 1.807) is 18.9 Å². The van der Waals surface area contributed by atoms with E-state index in [1.165, 1.54) is 33.2 Å². The van der Waals surface area contributed by atoms with Crippen LogP contribution in [0, 0.1) is 6.92 Å². The molecule has 194 valence electrons. The van der Waals surface area contributed by atoms with E-state index in [1.807, 2.05) is 37.3 Å². The van der Waals surface area contributed by atoms with Crippen molar-refractivity contribution in [1.82, 2.24) is 24.5 Å². The van der Waals surface area contributed by atoms with Crippen LogP contribution in [0.3, 0.4) is 0 Å². The van der Waals surface area contributed by atoms with Crippen LogP contribution in [0.1, 0.15) is 33.8 Å². The Bertz CT molecular complexity index is 1550. The van der Waals surface area contributed by atoms with Gasteiger partial charge in [-0.15, -0.1) is 21.5 Å². The molecule has 11 nitrogen and oxygen atoms in total. The molecule has 0 saturated carbocycles. The zero-order valence-corrected chi connectivity index (χ0v) is 23.1. The van der Waals surface area contributed by atoms with Gasteiger partial charge in [0.15, 0.2) is 27.6 Å². The van der Waals surface area contributed by atoms with Crippen LogP contribution in [-0.2, 0) is 14.8 Å². The van der Waals surface area contributed by atoms with Crippen LogP contribution in [0.4, 0.5) is 21.9 Å². The number of benzene rings is 1. The van der Waals surface area contributed by atoms with Crippen LogP contribution in [0.15, 0.2) is 30.3 Å². The second kappa shape index (κ2) is 9.93. The zero-order chi connectivity index (χ0) is 26.3. The summed E-state index contributed by atoms with van der Waals surface area (Å²) in [5.41, 5.74) is 1.99. The quantitative estimate of drug-likeness (QED) is 0.317.